The number of hydrogen-bond donors (Lipinski definition) is 0. The van der Waals surface area contributed by atoms with Crippen molar-refractivity contribution >= 4 is 49.5 Å². The van der Waals surface area contributed by atoms with Gasteiger partial charge < -0.3 is 9.47 Å². The third-order valence-corrected chi connectivity index (χ3v) is 10.8. The number of fused-ring (bicyclic) bond motifs is 7. The molecule has 1 heterocycles. The fraction of sp³-hybridized carbons (Fsp3) is 0.102. The molecule has 0 fully saturated rings. The lowest BCUT2D eigenvalue weighted by Gasteiger charge is -2.26. The van der Waals surface area contributed by atoms with Crippen molar-refractivity contribution in [1.29, 1.82) is 0 Å². The van der Waals surface area contributed by atoms with Crippen LogP contribution in [0.5, 0.6) is 0 Å². The second kappa shape index (κ2) is 12.3. The molecule has 0 N–H and O–H groups in total. The number of para-hydroxylation sites is 2. The summed E-state index contributed by atoms with van der Waals surface area (Å²) >= 11 is 0. The van der Waals surface area contributed by atoms with Gasteiger partial charge in [0.1, 0.15) is 0 Å². The molecule has 0 unspecified atom stereocenters. The molecule has 0 aliphatic heterocycles. The standard InChI is InChI=1S/C49H40N2/c1-4-34(40-23-14-24-43-41-21-10-12-25-45(41)49(2,3)48(40)43)18-15-31-50(38-28-27-35-16-8-9-17-36(35)32-38)39-29-30-47-44(33-39)42-22-11-13-26-46(42)51(47)37-19-6-5-7-20-37/h4-30,32-33H,31H2,1-3H3/b18-15-,34-4+. The van der Waals surface area contributed by atoms with Crippen molar-refractivity contribution in [3.05, 3.63) is 193 Å². The Morgan fingerprint density at radius 3 is 2.16 bits per heavy atom. The molecule has 2 nitrogen and oxygen atoms in total. The number of allylic oxidation sites excluding steroid dienone is 3. The van der Waals surface area contributed by atoms with E-state index in [2.05, 4.69) is 206 Å². The number of benzene rings is 7. The maximum Gasteiger partial charge on any atom is 0.0542 e. The normalized spacial score (nSPS) is 13.7. The second-order valence-electron chi connectivity index (χ2n) is 14.1. The molecule has 0 spiro atoms. The zero-order valence-electron chi connectivity index (χ0n) is 29.3. The molecule has 0 atom stereocenters. The zero-order chi connectivity index (χ0) is 34.5. The van der Waals surface area contributed by atoms with Gasteiger partial charge in [-0.2, -0.15) is 0 Å². The van der Waals surface area contributed by atoms with E-state index in [1.165, 1.54) is 77.3 Å². The van der Waals surface area contributed by atoms with Crippen LogP contribution in [0.2, 0.25) is 0 Å². The molecule has 1 aromatic heterocycles. The van der Waals surface area contributed by atoms with E-state index in [4.69, 9.17) is 0 Å². The Morgan fingerprint density at radius 2 is 1.29 bits per heavy atom. The lowest BCUT2D eigenvalue weighted by Crippen LogP contribution is -2.17. The van der Waals surface area contributed by atoms with Gasteiger partial charge in [0.2, 0.25) is 0 Å². The first-order valence-corrected chi connectivity index (χ1v) is 17.9. The van der Waals surface area contributed by atoms with Crippen LogP contribution < -0.4 is 4.90 Å². The first-order valence-electron chi connectivity index (χ1n) is 17.9. The van der Waals surface area contributed by atoms with Crippen LogP contribution >= 0.6 is 0 Å². The summed E-state index contributed by atoms with van der Waals surface area (Å²) in [4.78, 5) is 2.44. The van der Waals surface area contributed by atoms with Crippen molar-refractivity contribution in [1.82, 2.24) is 4.57 Å². The number of hydrogen-bond acceptors (Lipinski definition) is 1. The van der Waals surface area contributed by atoms with E-state index < -0.39 is 0 Å². The van der Waals surface area contributed by atoms with Crippen LogP contribution in [-0.2, 0) is 5.41 Å². The highest BCUT2D eigenvalue weighted by atomic mass is 15.1. The molecule has 1 aliphatic rings. The summed E-state index contributed by atoms with van der Waals surface area (Å²) in [6, 6.07) is 57.5. The summed E-state index contributed by atoms with van der Waals surface area (Å²) < 4.78 is 2.38. The van der Waals surface area contributed by atoms with Gasteiger partial charge in [0.15, 0.2) is 0 Å². The highest BCUT2D eigenvalue weighted by molar-refractivity contribution is 6.10. The minimum Gasteiger partial charge on any atom is -0.338 e. The van der Waals surface area contributed by atoms with Gasteiger partial charge in [0.25, 0.3) is 0 Å². The molecule has 9 rings (SSSR count). The average molecular weight is 657 g/mol. The van der Waals surface area contributed by atoms with Crippen molar-refractivity contribution in [3.8, 4) is 16.8 Å². The predicted octanol–water partition coefficient (Wildman–Crippen LogP) is 13.0. The van der Waals surface area contributed by atoms with Gasteiger partial charge in [-0.3, -0.25) is 0 Å². The van der Waals surface area contributed by atoms with E-state index >= 15 is 0 Å². The van der Waals surface area contributed by atoms with Crippen LogP contribution in [0.4, 0.5) is 11.4 Å². The second-order valence-corrected chi connectivity index (χ2v) is 14.1. The maximum atomic E-state index is 2.44. The Kier molecular flexibility index (Phi) is 7.47. The van der Waals surface area contributed by atoms with Gasteiger partial charge in [-0.15, -0.1) is 0 Å². The smallest absolute Gasteiger partial charge is 0.0542 e. The molecule has 8 aromatic rings. The molecule has 246 valence electrons. The van der Waals surface area contributed by atoms with Crippen LogP contribution in [-0.4, -0.2) is 11.1 Å². The number of nitrogens with zero attached hydrogens (tertiary/aromatic N) is 2. The number of anilines is 2. The maximum absolute atomic E-state index is 2.44. The third-order valence-electron chi connectivity index (χ3n) is 10.8. The summed E-state index contributed by atoms with van der Waals surface area (Å²) in [5, 5.41) is 4.99. The number of aromatic nitrogens is 1. The van der Waals surface area contributed by atoms with Crippen LogP contribution in [0, 0.1) is 0 Å². The Labute approximate surface area is 300 Å². The Bertz CT molecular complexity index is 2650. The largest absolute Gasteiger partial charge is 0.338 e. The first kappa shape index (κ1) is 30.9. The van der Waals surface area contributed by atoms with Gasteiger partial charge in [-0.05, 0) is 99.6 Å². The van der Waals surface area contributed by atoms with E-state index in [9.17, 15) is 0 Å². The Hall–Kier alpha value is -6.12. The third kappa shape index (κ3) is 5.10. The van der Waals surface area contributed by atoms with Gasteiger partial charge in [0.05, 0.1) is 11.0 Å². The molecular formula is C49H40N2. The molecule has 2 heteroatoms. The number of rotatable bonds is 7. The van der Waals surface area contributed by atoms with Crippen molar-refractivity contribution in [2.45, 2.75) is 26.2 Å². The molecule has 0 amide bonds. The quantitative estimate of drug-likeness (QED) is 0.155. The van der Waals surface area contributed by atoms with E-state index in [0.717, 1.165) is 12.2 Å². The van der Waals surface area contributed by atoms with Gasteiger partial charge in [-0.1, -0.05) is 141 Å². The topological polar surface area (TPSA) is 8.17 Å². The molecule has 7 aromatic carbocycles. The van der Waals surface area contributed by atoms with Crippen molar-refractivity contribution in [2.24, 2.45) is 0 Å². The minimum absolute atomic E-state index is 0.0733. The SMILES string of the molecule is C/C=C(\C=C/CN(c1ccc2ccccc2c1)c1ccc2c(c1)c1ccccc1n2-c1ccccc1)c1cccc2c1C(C)(C)c1ccccc1-2. The Balaban J connectivity index is 1.14. The summed E-state index contributed by atoms with van der Waals surface area (Å²) in [7, 11) is 0. The average Bonchev–Trinajstić information content (AvgIpc) is 3.63. The van der Waals surface area contributed by atoms with Crippen molar-refractivity contribution in [3.63, 3.8) is 0 Å². The fourth-order valence-corrected chi connectivity index (χ4v) is 8.40. The molecule has 0 bridgehead atoms. The molecule has 0 saturated carbocycles. The van der Waals surface area contributed by atoms with Crippen molar-refractivity contribution < 1.29 is 0 Å². The first-order chi connectivity index (χ1) is 25.0. The molecule has 0 saturated heterocycles. The summed E-state index contributed by atoms with van der Waals surface area (Å²) in [5.74, 6) is 0. The van der Waals surface area contributed by atoms with E-state index in [1.807, 2.05) is 0 Å². The van der Waals surface area contributed by atoms with Crippen LogP contribution in [0.15, 0.2) is 176 Å². The van der Waals surface area contributed by atoms with Gasteiger partial charge in [-0.25, -0.2) is 0 Å². The highest BCUT2D eigenvalue weighted by Gasteiger charge is 2.37. The summed E-state index contributed by atoms with van der Waals surface area (Å²) in [6.07, 6.45) is 6.91. The lowest BCUT2D eigenvalue weighted by molar-refractivity contribution is 0.658. The van der Waals surface area contributed by atoms with E-state index in [-0.39, 0.29) is 5.41 Å². The van der Waals surface area contributed by atoms with Crippen LogP contribution in [0.25, 0.3) is 55.0 Å². The monoisotopic (exact) mass is 656 g/mol. The van der Waals surface area contributed by atoms with Crippen LogP contribution in [0.1, 0.15) is 37.5 Å². The molecular weight excluding hydrogens is 617 g/mol. The molecule has 0 radical (unpaired) electrons. The predicted molar refractivity (Wildman–Crippen MR) is 219 cm³/mol. The van der Waals surface area contributed by atoms with Crippen molar-refractivity contribution in [2.75, 3.05) is 11.4 Å². The fourth-order valence-electron chi connectivity index (χ4n) is 8.40. The highest BCUT2D eigenvalue weighted by Crippen LogP contribution is 2.51. The Morgan fingerprint density at radius 1 is 0.608 bits per heavy atom. The lowest BCUT2D eigenvalue weighted by atomic mass is 9.78. The van der Waals surface area contributed by atoms with E-state index in [0.29, 0.717) is 0 Å². The van der Waals surface area contributed by atoms with Gasteiger partial charge in [0, 0.05) is 39.8 Å². The molecule has 1 aliphatic carbocycles. The zero-order valence-corrected chi connectivity index (χ0v) is 29.3. The molecule has 51 heavy (non-hydrogen) atoms. The van der Waals surface area contributed by atoms with Gasteiger partial charge >= 0.3 is 0 Å². The summed E-state index contributed by atoms with van der Waals surface area (Å²) in [6.45, 7) is 7.61. The van der Waals surface area contributed by atoms with Crippen LogP contribution in [0.3, 0.4) is 0 Å². The minimum atomic E-state index is -0.0733. The summed E-state index contributed by atoms with van der Waals surface area (Å²) in [5.41, 5.74) is 13.9. The van der Waals surface area contributed by atoms with E-state index in [1.54, 1.807) is 0 Å².